The number of hydrogen-bond acceptors (Lipinski definition) is 5. The van der Waals surface area contributed by atoms with Crippen molar-refractivity contribution in [2.45, 2.75) is 44.1 Å². The van der Waals surface area contributed by atoms with Gasteiger partial charge in [-0.3, -0.25) is 9.78 Å². The summed E-state index contributed by atoms with van der Waals surface area (Å²) in [4.78, 5) is 17.0. The molecule has 140 valence electrons. The number of nitrogens with one attached hydrogen (secondary N) is 1. The molecule has 1 aromatic carbocycles. The van der Waals surface area contributed by atoms with Gasteiger partial charge >= 0.3 is 0 Å². The first-order chi connectivity index (χ1) is 13.1. The Kier molecular flexibility index (Phi) is 6.24. The summed E-state index contributed by atoms with van der Waals surface area (Å²) in [5.74, 6) is 0.672. The number of carbonyl (C=O) groups is 1. The molecule has 1 amide bonds. The molecule has 7 heteroatoms. The van der Waals surface area contributed by atoms with Gasteiger partial charge in [-0.1, -0.05) is 43.0 Å². The molecule has 0 bridgehead atoms. The normalized spacial score (nSPS) is 12.0. The predicted octanol–water partition coefficient (Wildman–Crippen LogP) is 4.18. The Labute approximate surface area is 163 Å². The molecule has 1 atom stereocenters. The largest absolute Gasteiger partial charge is 0.325 e. The number of rotatable bonds is 7. The van der Waals surface area contributed by atoms with E-state index < -0.39 is 0 Å². The number of benzene rings is 1. The zero-order chi connectivity index (χ0) is 19.2. The van der Waals surface area contributed by atoms with Gasteiger partial charge < -0.3 is 9.88 Å². The Bertz CT molecular complexity index is 910. The predicted molar refractivity (Wildman–Crippen MR) is 109 cm³/mol. The molecular formula is C20H23N5OS. The van der Waals surface area contributed by atoms with E-state index in [-0.39, 0.29) is 11.2 Å². The van der Waals surface area contributed by atoms with E-state index in [2.05, 4.69) is 27.4 Å². The van der Waals surface area contributed by atoms with Crippen molar-refractivity contribution in [3.05, 3.63) is 54.2 Å². The summed E-state index contributed by atoms with van der Waals surface area (Å²) in [6.07, 6.45) is 2.68. The van der Waals surface area contributed by atoms with E-state index in [1.54, 1.807) is 6.20 Å². The van der Waals surface area contributed by atoms with Gasteiger partial charge in [0.15, 0.2) is 11.0 Å². The standard InChI is InChI=1S/C20H23N5OS/c1-4-13-25-18(17-11-7-8-12-21-17)23-24-20(25)27-15(3)19(26)22-16-10-6-5-9-14(16)2/h5-12,15H,4,13H2,1-3H3,(H,22,26)/t15-/m1/s1. The quantitative estimate of drug-likeness (QED) is 0.622. The average molecular weight is 382 g/mol. The molecule has 2 aromatic heterocycles. The number of hydrogen-bond donors (Lipinski definition) is 1. The molecule has 0 unspecified atom stereocenters. The second-order valence-electron chi connectivity index (χ2n) is 6.24. The second kappa shape index (κ2) is 8.81. The summed E-state index contributed by atoms with van der Waals surface area (Å²) < 4.78 is 2.03. The van der Waals surface area contributed by atoms with Crippen molar-refractivity contribution in [1.29, 1.82) is 0 Å². The fraction of sp³-hybridized carbons (Fsp3) is 0.300. The molecule has 0 aliphatic heterocycles. The van der Waals surface area contributed by atoms with Crippen molar-refractivity contribution in [1.82, 2.24) is 19.7 Å². The van der Waals surface area contributed by atoms with Gasteiger partial charge in [0, 0.05) is 18.4 Å². The first kappa shape index (κ1) is 19.1. The fourth-order valence-electron chi connectivity index (χ4n) is 2.64. The van der Waals surface area contributed by atoms with Crippen LogP contribution in [-0.2, 0) is 11.3 Å². The lowest BCUT2D eigenvalue weighted by molar-refractivity contribution is -0.115. The number of para-hydroxylation sites is 1. The third-order valence-corrected chi connectivity index (χ3v) is 5.19. The molecule has 0 aliphatic rings. The van der Waals surface area contributed by atoms with Crippen LogP contribution in [-0.4, -0.2) is 30.9 Å². The Morgan fingerprint density at radius 1 is 1.19 bits per heavy atom. The molecule has 0 saturated carbocycles. The van der Waals surface area contributed by atoms with Crippen molar-refractivity contribution < 1.29 is 4.79 Å². The van der Waals surface area contributed by atoms with Crippen LogP contribution in [0, 0.1) is 6.92 Å². The maximum absolute atomic E-state index is 12.6. The van der Waals surface area contributed by atoms with Crippen LogP contribution in [0.25, 0.3) is 11.5 Å². The smallest absolute Gasteiger partial charge is 0.237 e. The van der Waals surface area contributed by atoms with E-state index in [0.29, 0.717) is 0 Å². The number of nitrogens with zero attached hydrogens (tertiary/aromatic N) is 4. The molecule has 0 radical (unpaired) electrons. The van der Waals surface area contributed by atoms with E-state index in [9.17, 15) is 4.79 Å². The minimum atomic E-state index is -0.305. The summed E-state index contributed by atoms with van der Waals surface area (Å²) in [5.41, 5.74) is 2.65. The number of aromatic nitrogens is 4. The van der Waals surface area contributed by atoms with E-state index in [0.717, 1.165) is 40.9 Å². The monoisotopic (exact) mass is 381 g/mol. The zero-order valence-corrected chi connectivity index (χ0v) is 16.5. The van der Waals surface area contributed by atoms with Gasteiger partial charge in [-0.25, -0.2) is 0 Å². The number of pyridine rings is 1. The average Bonchev–Trinajstić information content (AvgIpc) is 3.07. The van der Waals surface area contributed by atoms with Crippen LogP contribution in [0.1, 0.15) is 25.8 Å². The van der Waals surface area contributed by atoms with Crippen LogP contribution in [0.15, 0.2) is 53.8 Å². The summed E-state index contributed by atoms with van der Waals surface area (Å²) >= 11 is 1.41. The lowest BCUT2D eigenvalue weighted by Crippen LogP contribution is -2.23. The SMILES string of the molecule is CCCn1c(S[C@H](C)C(=O)Nc2ccccc2C)nnc1-c1ccccn1. The number of anilines is 1. The number of amides is 1. The van der Waals surface area contributed by atoms with Gasteiger partial charge in [-0.2, -0.15) is 0 Å². The highest BCUT2D eigenvalue weighted by Gasteiger charge is 2.21. The third kappa shape index (κ3) is 4.54. The van der Waals surface area contributed by atoms with Crippen molar-refractivity contribution in [2.75, 3.05) is 5.32 Å². The van der Waals surface area contributed by atoms with E-state index in [1.165, 1.54) is 11.8 Å². The Balaban J connectivity index is 1.77. The van der Waals surface area contributed by atoms with Crippen LogP contribution in [0.4, 0.5) is 5.69 Å². The van der Waals surface area contributed by atoms with E-state index in [1.807, 2.05) is 60.9 Å². The highest BCUT2D eigenvalue weighted by atomic mass is 32.2. The molecule has 0 spiro atoms. The Morgan fingerprint density at radius 2 is 1.96 bits per heavy atom. The molecular weight excluding hydrogens is 358 g/mol. The van der Waals surface area contributed by atoms with Crippen LogP contribution >= 0.6 is 11.8 Å². The van der Waals surface area contributed by atoms with Gasteiger partial charge in [0.05, 0.1) is 5.25 Å². The van der Waals surface area contributed by atoms with Gasteiger partial charge in [0.1, 0.15) is 5.69 Å². The summed E-state index contributed by atoms with van der Waals surface area (Å²) in [6, 6.07) is 13.5. The van der Waals surface area contributed by atoms with E-state index >= 15 is 0 Å². The van der Waals surface area contributed by atoms with Crippen molar-refractivity contribution in [2.24, 2.45) is 0 Å². The summed E-state index contributed by atoms with van der Waals surface area (Å²) in [7, 11) is 0. The maximum atomic E-state index is 12.6. The van der Waals surface area contributed by atoms with Crippen LogP contribution < -0.4 is 5.32 Å². The first-order valence-electron chi connectivity index (χ1n) is 8.98. The Hall–Kier alpha value is -2.67. The highest BCUT2D eigenvalue weighted by molar-refractivity contribution is 8.00. The lowest BCUT2D eigenvalue weighted by Gasteiger charge is -2.14. The summed E-state index contributed by atoms with van der Waals surface area (Å²) in [5, 5.41) is 12.0. The minimum Gasteiger partial charge on any atom is -0.325 e. The van der Waals surface area contributed by atoms with Gasteiger partial charge in [-0.05, 0) is 44.0 Å². The van der Waals surface area contributed by atoms with Gasteiger partial charge in [0.2, 0.25) is 5.91 Å². The van der Waals surface area contributed by atoms with Crippen molar-refractivity contribution in [3.63, 3.8) is 0 Å². The fourth-order valence-corrected chi connectivity index (χ4v) is 3.52. The molecule has 0 saturated heterocycles. The molecule has 0 aliphatic carbocycles. The topological polar surface area (TPSA) is 72.7 Å². The first-order valence-corrected chi connectivity index (χ1v) is 9.86. The molecule has 2 heterocycles. The number of carbonyl (C=O) groups excluding carboxylic acids is 1. The minimum absolute atomic E-state index is 0.0558. The molecule has 1 N–H and O–H groups in total. The Morgan fingerprint density at radius 3 is 2.67 bits per heavy atom. The lowest BCUT2D eigenvalue weighted by atomic mass is 10.2. The molecule has 6 nitrogen and oxygen atoms in total. The van der Waals surface area contributed by atoms with Crippen LogP contribution in [0.2, 0.25) is 0 Å². The van der Waals surface area contributed by atoms with Crippen LogP contribution in [0.5, 0.6) is 0 Å². The van der Waals surface area contributed by atoms with Gasteiger partial charge in [0.25, 0.3) is 0 Å². The van der Waals surface area contributed by atoms with Gasteiger partial charge in [-0.15, -0.1) is 10.2 Å². The molecule has 3 aromatic rings. The zero-order valence-electron chi connectivity index (χ0n) is 15.7. The molecule has 0 fully saturated rings. The van der Waals surface area contributed by atoms with E-state index in [4.69, 9.17) is 0 Å². The van der Waals surface area contributed by atoms with Crippen LogP contribution in [0.3, 0.4) is 0 Å². The summed E-state index contributed by atoms with van der Waals surface area (Å²) in [6.45, 7) is 6.73. The van der Waals surface area contributed by atoms with Crippen molar-refractivity contribution >= 4 is 23.4 Å². The number of thioether (sulfide) groups is 1. The maximum Gasteiger partial charge on any atom is 0.237 e. The third-order valence-electron chi connectivity index (χ3n) is 4.11. The van der Waals surface area contributed by atoms with Crippen molar-refractivity contribution in [3.8, 4) is 11.5 Å². The molecule has 3 rings (SSSR count). The second-order valence-corrected chi connectivity index (χ2v) is 7.55. The highest BCUT2D eigenvalue weighted by Crippen LogP contribution is 2.27. The number of aryl methyl sites for hydroxylation is 1. The molecule has 27 heavy (non-hydrogen) atoms.